The fourth-order valence-corrected chi connectivity index (χ4v) is 4.51. The highest BCUT2D eigenvalue weighted by Gasteiger charge is 2.54. The standard InChI is InChI=1S/C16H20BrN5O3S/c1-15(2,3)25-14(24)21-7-6-20(9-16(21)4-5-16)10-8-11(23)22-13(18-10)26-12(17)19-22/h8H,4-7,9H2,1-3H3. The second kappa shape index (κ2) is 5.91. The lowest BCUT2D eigenvalue weighted by Gasteiger charge is -2.42. The van der Waals surface area contributed by atoms with Crippen LogP contribution in [0.1, 0.15) is 33.6 Å². The van der Waals surface area contributed by atoms with Crippen LogP contribution < -0.4 is 10.5 Å². The molecule has 0 N–H and O–H groups in total. The fourth-order valence-electron chi connectivity index (χ4n) is 3.29. The van der Waals surface area contributed by atoms with Gasteiger partial charge in [-0.3, -0.25) is 9.69 Å². The van der Waals surface area contributed by atoms with E-state index in [1.807, 2.05) is 25.7 Å². The summed E-state index contributed by atoms with van der Waals surface area (Å²) in [5, 5.41) is 4.10. The van der Waals surface area contributed by atoms with Crippen molar-refractivity contribution in [2.24, 2.45) is 0 Å². The third kappa shape index (κ3) is 3.20. The van der Waals surface area contributed by atoms with Gasteiger partial charge in [-0.05, 0) is 49.5 Å². The molecule has 1 spiro atoms. The van der Waals surface area contributed by atoms with Crippen LogP contribution in [0.25, 0.3) is 4.96 Å². The van der Waals surface area contributed by atoms with E-state index >= 15 is 0 Å². The van der Waals surface area contributed by atoms with Crippen LogP contribution in [0.4, 0.5) is 10.6 Å². The van der Waals surface area contributed by atoms with Gasteiger partial charge in [0, 0.05) is 25.7 Å². The highest BCUT2D eigenvalue weighted by Crippen LogP contribution is 2.45. The van der Waals surface area contributed by atoms with Gasteiger partial charge in [0.1, 0.15) is 11.4 Å². The summed E-state index contributed by atoms with van der Waals surface area (Å²) in [6, 6.07) is 1.51. The zero-order valence-electron chi connectivity index (χ0n) is 14.9. The number of piperazine rings is 1. The van der Waals surface area contributed by atoms with Crippen molar-refractivity contribution in [1.82, 2.24) is 19.5 Å². The molecule has 2 fully saturated rings. The van der Waals surface area contributed by atoms with Gasteiger partial charge >= 0.3 is 6.09 Å². The summed E-state index contributed by atoms with van der Waals surface area (Å²) in [7, 11) is 0. The Morgan fingerprint density at radius 2 is 2.08 bits per heavy atom. The van der Waals surface area contributed by atoms with Crippen molar-refractivity contribution in [2.45, 2.75) is 44.8 Å². The van der Waals surface area contributed by atoms with Gasteiger partial charge in [-0.25, -0.2) is 9.78 Å². The summed E-state index contributed by atoms with van der Waals surface area (Å²) < 4.78 is 7.47. The summed E-state index contributed by atoms with van der Waals surface area (Å²) in [5.41, 5.74) is -0.918. The highest BCUT2D eigenvalue weighted by molar-refractivity contribution is 9.11. The van der Waals surface area contributed by atoms with Crippen molar-refractivity contribution in [3.63, 3.8) is 0 Å². The maximum absolute atomic E-state index is 12.5. The molecule has 0 radical (unpaired) electrons. The molecule has 1 aliphatic carbocycles. The molecule has 4 rings (SSSR count). The third-order valence-corrected chi connectivity index (χ3v) is 5.96. The van der Waals surface area contributed by atoms with E-state index in [1.54, 1.807) is 0 Å². The quantitative estimate of drug-likeness (QED) is 0.676. The molecule has 0 aromatic carbocycles. The Bertz CT molecular complexity index is 930. The van der Waals surface area contributed by atoms with Gasteiger partial charge in [-0.1, -0.05) is 11.3 Å². The van der Waals surface area contributed by atoms with Crippen LogP contribution in [0.2, 0.25) is 0 Å². The molecule has 0 unspecified atom stereocenters. The summed E-state index contributed by atoms with van der Waals surface area (Å²) in [5.74, 6) is 0.640. The normalized spacial score (nSPS) is 19.2. The van der Waals surface area contributed by atoms with Crippen LogP contribution in [0.5, 0.6) is 0 Å². The molecule has 2 aliphatic rings. The van der Waals surface area contributed by atoms with Crippen LogP contribution in [-0.2, 0) is 4.74 Å². The number of ether oxygens (including phenoxy) is 1. The molecule has 1 saturated carbocycles. The van der Waals surface area contributed by atoms with Crippen LogP contribution in [0.15, 0.2) is 14.8 Å². The third-order valence-electron chi connectivity index (χ3n) is 4.62. The van der Waals surface area contributed by atoms with Gasteiger partial charge in [-0.2, -0.15) is 4.52 Å². The molecule has 140 valence electrons. The van der Waals surface area contributed by atoms with Crippen molar-refractivity contribution in [3.8, 4) is 0 Å². The lowest BCUT2D eigenvalue weighted by atomic mass is 10.1. The number of fused-ring (bicyclic) bond motifs is 1. The van der Waals surface area contributed by atoms with E-state index < -0.39 is 5.60 Å². The van der Waals surface area contributed by atoms with Gasteiger partial charge in [0.05, 0.1) is 5.54 Å². The molecule has 1 amide bonds. The second-order valence-electron chi connectivity index (χ2n) is 7.78. The van der Waals surface area contributed by atoms with E-state index in [1.165, 1.54) is 21.9 Å². The molecule has 0 bridgehead atoms. The van der Waals surface area contributed by atoms with Crippen molar-refractivity contribution in [1.29, 1.82) is 0 Å². The number of carbonyl (C=O) groups is 1. The van der Waals surface area contributed by atoms with E-state index in [9.17, 15) is 9.59 Å². The topological polar surface area (TPSA) is 80.0 Å². The molecule has 2 aromatic heterocycles. The lowest BCUT2D eigenvalue weighted by molar-refractivity contribution is 0.0106. The first kappa shape index (κ1) is 17.7. The maximum Gasteiger partial charge on any atom is 0.410 e. The molecule has 10 heteroatoms. The SMILES string of the molecule is CC(C)(C)OC(=O)N1CCN(c2cc(=O)n3nc(Br)sc3n2)CC12CC2. The number of rotatable bonds is 1. The number of amides is 1. The molecule has 8 nitrogen and oxygen atoms in total. The van der Waals surface area contributed by atoms with Crippen LogP contribution in [-0.4, -0.2) is 56.4 Å². The Balaban J connectivity index is 1.57. The molecular formula is C16H20BrN5O3S. The van der Waals surface area contributed by atoms with Crippen molar-refractivity contribution in [3.05, 3.63) is 20.3 Å². The molecule has 1 saturated heterocycles. The van der Waals surface area contributed by atoms with E-state index in [0.29, 0.717) is 34.3 Å². The molecule has 1 aliphatic heterocycles. The number of halogens is 1. The maximum atomic E-state index is 12.5. The smallest absolute Gasteiger partial charge is 0.410 e. The Kier molecular flexibility index (Phi) is 4.03. The number of aromatic nitrogens is 3. The molecule has 2 aromatic rings. The Hall–Kier alpha value is -1.68. The average molecular weight is 442 g/mol. The van der Waals surface area contributed by atoms with Gasteiger partial charge in [0.25, 0.3) is 5.56 Å². The lowest BCUT2D eigenvalue weighted by Crippen LogP contribution is -2.58. The van der Waals surface area contributed by atoms with Crippen LogP contribution in [0, 0.1) is 0 Å². The number of carbonyl (C=O) groups excluding carboxylic acids is 1. The first-order valence-electron chi connectivity index (χ1n) is 8.49. The van der Waals surface area contributed by atoms with E-state index in [0.717, 1.165) is 12.8 Å². The number of hydrogen-bond acceptors (Lipinski definition) is 7. The van der Waals surface area contributed by atoms with Gasteiger partial charge in [0.15, 0.2) is 3.92 Å². The zero-order valence-corrected chi connectivity index (χ0v) is 17.3. The minimum Gasteiger partial charge on any atom is -0.444 e. The van der Waals surface area contributed by atoms with Gasteiger partial charge in [-0.15, -0.1) is 5.10 Å². The first-order chi connectivity index (χ1) is 12.2. The number of nitrogens with zero attached hydrogens (tertiary/aromatic N) is 5. The number of hydrogen-bond donors (Lipinski definition) is 0. The first-order valence-corrected chi connectivity index (χ1v) is 10.1. The van der Waals surface area contributed by atoms with Crippen LogP contribution in [0.3, 0.4) is 0 Å². The number of anilines is 1. The van der Waals surface area contributed by atoms with Gasteiger partial charge < -0.3 is 9.64 Å². The van der Waals surface area contributed by atoms with E-state index in [-0.39, 0.29) is 17.2 Å². The monoisotopic (exact) mass is 441 g/mol. The Labute approximate surface area is 162 Å². The minimum atomic E-state index is -0.509. The van der Waals surface area contributed by atoms with Crippen molar-refractivity contribution >= 4 is 44.1 Å². The predicted octanol–water partition coefficient (Wildman–Crippen LogP) is 2.50. The summed E-state index contributed by atoms with van der Waals surface area (Å²) in [6.45, 7) is 7.46. The van der Waals surface area contributed by atoms with Crippen molar-refractivity contribution < 1.29 is 9.53 Å². The summed E-state index contributed by atoms with van der Waals surface area (Å²) >= 11 is 4.61. The summed E-state index contributed by atoms with van der Waals surface area (Å²) in [4.78, 5) is 33.9. The van der Waals surface area contributed by atoms with Crippen LogP contribution >= 0.6 is 27.3 Å². The van der Waals surface area contributed by atoms with Crippen molar-refractivity contribution in [2.75, 3.05) is 24.5 Å². The molecule has 26 heavy (non-hydrogen) atoms. The van der Waals surface area contributed by atoms with E-state index in [4.69, 9.17) is 4.74 Å². The average Bonchev–Trinajstić information content (AvgIpc) is 3.16. The van der Waals surface area contributed by atoms with Gasteiger partial charge in [0.2, 0.25) is 4.96 Å². The predicted molar refractivity (Wildman–Crippen MR) is 102 cm³/mol. The second-order valence-corrected chi connectivity index (χ2v) is 10.0. The highest BCUT2D eigenvalue weighted by atomic mass is 79.9. The summed E-state index contributed by atoms with van der Waals surface area (Å²) in [6.07, 6.45) is 1.62. The molecule has 3 heterocycles. The Morgan fingerprint density at radius 1 is 1.35 bits per heavy atom. The fraction of sp³-hybridized carbons (Fsp3) is 0.625. The Morgan fingerprint density at radius 3 is 2.73 bits per heavy atom. The van der Waals surface area contributed by atoms with E-state index in [2.05, 4.69) is 30.9 Å². The molecule has 0 atom stereocenters. The largest absolute Gasteiger partial charge is 0.444 e. The molecular weight excluding hydrogens is 422 g/mol. The zero-order chi connectivity index (χ0) is 18.7. The minimum absolute atomic E-state index is 0.202.